The van der Waals surface area contributed by atoms with Crippen molar-refractivity contribution in [1.82, 2.24) is 4.90 Å². The Hall–Kier alpha value is -2.04. The maximum atomic E-state index is 12.2. The average Bonchev–Trinajstić information content (AvgIpc) is 2.59. The molecule has 7 nitrogen and oxygen atoms in total. The predicted molar refractivity (Wildman–Crippen MR) is 90.3 cm³/mol. The molecule has 152 valence electrons. The minimum absolute atomic E-state index is 0.164. The van der Waals surface area contributed by atoms with E-state index in [-0.39, 0.29) is 11.8 Å². The minimum Gasteiger partial charge on any atom is -0.479 e. The van der Waals surface area contributed by atoms with E-state index in [1.165, 1.54) is 31.2 Å². The fourth-order valence-electron chi connectivity index (χ4n) is 3.15. The lowest BCUT2D eigenvalue weighted by Gasteiger charge is -2.44. The van der Waals surface area contributed by atoms with Gasteiger partial charge in [0.05, 0.1) is 0 Å². The van der Waals surface area contributed by atoms with Crippen LogP contribution < -0.4 is 9.64 Å². The molecule has 1 fully saturated rings. The molecule has 0 bridgehead atoms. The fourth-order valence-corrected chi connectivity index (χ4v) is 3.15. The molecule has 1 aromatic carbocycles. The van der Waals surface area contributed by atoms with E-state index in [0.717, 1.165) is 0 Å². The number of nitrogens with zero attached hydrogens (tertiary/aromatic N) is 2. The zero-order valence-corrected chi connectivity index (χ0v) is 14.9. The molecule has 1 aliphatic heterocycles. The molecule has 0 aromatic heterocycles. The van der Waals surface area contributed by atoms with Gasteiger partial charge in [0.2, 0.25) is 0 Å². The third kappa shape index (κ3) is 5.47. The first-order valence-electron chi connectivity index (χ1n) is 8.45. The number of anilines is 1. The highest BCUT2D eigenvalue weighted by atomic mass is 19.4. The first kappa shape index (κ1) is 21.3. The van der Waals surface area contributed by atoms with Crippen LogP contribution in [0.3, 0.4) is 0 Å². The Labute approximate surface area is 154 Å². The average molecular weight is 392 g/mol. The van der Waals surface area contributed by atoms with Crippen LogP contribution in [0.25, 0.3) is 0 Å². The standard InChI is InChI=1S/C17H23F3N2O5/c1-10-9-21(12-3-5-13(6-4-12)27-17(18,19)20)7-8-22(10)15(24)11(2)14(23)16(25)26/h3-6,10-11,14-15,23-24H,7-9H2,1-2H3,(H,25,26)/t10-,11+,14+,15+/m1/s1. The molecular weight excluding hydrogens is 369 g/mol. The summed E-state index contributed by atoms with van der Waals surface area (Å²) in [5.41, 5.74) is 0.712. The number of alkyl halides is 3. The number of halogens is 3. The van der Waals surface area contributed by atoms with Gasteiger partial charge in [-0.1, -0.05) is 6.92 Å². The number of aliphatic hydroxyl groups is 2. The second-order valence-electron chi connectivity index (χ2n) is 6.63. The van der Waals surface area contributed by atoms with E-state index in [1.54, 1.807) is 4.90 Å². The van der Waals surface area contributed by atoms with Gasteiger partial charge in [-0.15, -0.1) is 13.2 Å². The summed E-state index contributed by atoms with van der Waals surface area (Å²) in [6.45, 7) is 4.67. The van der Waals surface area contributed by atoms with E-state index in [9.17, 15) is 28.2 Å². The van der Waals surface area contributed by atoms with Crippen molar-refractivity contribution in [3.05, 3.63) is 24.3 Å². The van der Waals surface area contributed by atoms with Crippen molar-refractivity contribution in [3.8, 4) is 5.75 Å². The summed E-state index contributed by atoms with van der Waals surface area (Å²) in [4.78, 5) is 14.5. The van der Waals surface area contributed by atoms with Crippen LogP contribution in [0.5, 0.6) is 5.75 Å². The Morgan fingerprint density at radius 3 is 2.30 bits per heavy atom. The Kier molecular flexibility index (Phi) is 6.55. The molecule has 0 unspecified atom stereocenters. The molecule has 0 spiro atoms. The Morgan fingerprint density at radius 1 is 1.22 bits per heavy atom. The van der Waals surface area contributed by atoms with Crippen LogP contribution >= 0.6 is 0 Å². The summed E-state index contributed by atoms with van der Waals surface area (Å²) < 4.78 is 40.5. The van der Waals surface area contributed by atoms with Crippen molar-refractivity contribution in [2.45, 2.75) is 38.6 Å². The molecule has 1 aliphatic rings. The van der Waals surface area contributed by atoms with Gasteiger partial charge in [0.15, 0.2) is 6.10 Å². The molecular formula is C17H23F3N2O5. The normalized spacial score (nSPS) is 22.2. The lowest BCUT2D eigenvalue weighted by molar-refractivity contribution is -0.274. The molecule has 4 atom stereocenters. The molecule has 10 heteroatoms. The highest BCUT2D eigenvalue weighted by Crippen LogP contribution is 2.27. The summed E-state index contributed by atoms with van der Waals surface area (Å²) in [5.74, 6) is -2.57. The van der Waals surface area contributed by atoms with Crippen molar-refractivity contribution in [1.29, 1.82) is 0 Å². The lowest BCUT2D eigenvalue weighted by atomic mass is 10.00. The smallest absolute Gasteiger partial charge is 0.479 e. The second kappa shape index (κ2) is 8.32. The van der Waals surface area contributed by atoms with Crippen LogP contribution in [0.4, 0.5) is 18.9 Å². The predicted octanol–water partition coefficient (Wildman–Crippen LogP) is 1.50. The molecule has 0 radical (unpaired) electrons. The topological polar surface area (TPSA) is 93.5 Å². The van der Waals surface area contributed by atoms with E-state index in [1.807, 2.05) is 11.8 Å². The molecule has 1 saturated heterocycles. The third-order valence-electron chi connectivity index (χ3n) is 4.68. The Balaban J connectivity index is 1.99. The summed E-state index contributed by atoms with van der Waals surface area (Å²) in [6, 6.07) is 5.36. The number of benzene rings is 1. The summed E-state index contributed by atoms with van der Waals surface area (Å²) in [5, 5.41) is 28.9. The van der Waals surface area contributed by atoms with Crippen LogP contribution in [-0.4, -0.2) is 70.6 Å². The summed E-state index contributed by atoms with van der Waals surface area (Å²) >= 11 is 0. The van der Waals surface area contributed by atoms with Gasteiger partial charge in [0.1, 0.15) is 12.0 Å². The van der Waals surface area contributed by atoms with Gasteiger partial charge in [-0.25, -0.2) is 4.79 Å². The number of carboxylic acid groups (broad SMARTS) is 1. The number of hydrogen-bond donors (Lipinski definition) is 3. The third-order valence-corrected chi connectivity index (χ3v) is 4.68. The molecule has 1 aromatic rings. The second-order valence-corrected chi connectivity index (χ2v) is 6.63. The highest BCUT2D eigenvalue weighted by molar-refractivity contribution is 5.72. The van der Waals surface area contributed by atoms with E-state index in [4.69, 9.17) is 5.11 Å². The van der Waals surface area contributed by atoms with Gasteiger partial charge in [-0.05, 0) is 31.2 Å². The Morgan fingerprint density at radius 2 is 1.81 bits per heavy atom. The molecule has 0 saturated carbocycles. The largest absolute Gasteiger partial charge is 0.573 e. The van der Waals surface area contributed by atoms with Crippen LogP contribution in [0.1, 0.15) is 13.8 Å². The molecule has 0 aliphatic carbocycles. The molecule has 1 heterocycles. The fraction of sp³-hybridized carbons (Fsp3) is 0.588. The number of ether oxygens (including phenoxy) is 1. The molecule has 2 rings (SSSR count). The van der Waals surface area contributed by atoms with E-state index >= 15 is 0 Å². The zero-order valence-electron chi connectivity index (χ0n) is 14.9. The summed E-state index contributed by atoms with van der Waals surface area (Å²) in [7, 11) is 0. The van der Waals surface area contributed by atoms with Crippen LogP contribution in [0.2, 0.25) is 0 Å². The van der Waals surface area contributed by atoms with E-state index < -0.39 is 30.6 Å². The van der Waals surface area contributed by atoms with Crippen LogP contribution in [0, 0.1) is 5.92 Å². The quantitative estimate of drug-likeness (QED) is 0.676. The zero-order chi connectivity index (χ0) is 20.4. The van der Waals surface area contributed by atoms with Crippen LogP contribution in [-0.2, 0) is 4.79 Å². The maximum Gasteiger partial charge on any atom is 0.573 e. The first-order chi connectivity index (χ1) is 12.5. The van der Waals surface area contributed by atoms with Gasteiger partial charge in [0, 0.05) is 37.3 Å². The Bertz CT molecular complexity index is 640. The number of aliphatic carboxylic acids is 1. The monoisotopic (exact) mass is 392 g/mol. The van der Waals surface area contributed by atoms with Gasteiger partial charge in [-0.3, -0.25) is 4.90 Å². The molecule has 0 amide bonds. The number of aliphatic hydroxyl groups excluding tert-OH is 2. The van der Waals surface area contributed by atoms with Crippen LogP contribution in [0.15, 0.2) is 24.3 Å². The highest BCUT2D eigenvalue weighted by Gasteiger charge is 2.36. The van der Waals surface area contributed by atoms with Crippen molar-refractivity contribution in [2.75, 3.05) is 24.5 Å². The number of carboxylic acids is 1. The van der Waals surface area contributed by atoms with Crippen molar-refractivity contribution >= 4 is 11.7 Å². The lowest BCUT2D eigenvalue weighted by Crippen LogP contribution is -2.58. The van der Waals surface area contributed by atoms with E-state index in [0.29, 0.717) is 25.3 Å². The van der Waals surface area contributed by atoms with Crippen molar-refractivity contribution in [3.63, 3.8) is 0 Å². The van der Waals surface area contributed by atoms with E-state index in [2.05, 4.69) is 4.74 Å². The summed E-state index contributed by atoms with van der Waals surface area (Å²) in [6.07, 6.45) is -7.54. The first-order valence-corrected chi connectivity index (χ1v) is 8.45. The van der Waals surface area contributed by atoms with Gasteiger partial charge >= 0.3 is 12.3 Å². The SMILES string of the molecule is C[C@@H]([C@H](O)C(=O)O)[C@H](O)N1CCN(c2ccc(OC(F)(F)F)cc2)C[C@H]1C. The molecule has 3 N–H and O–H groups in total. The minimum atomic E-state index is -4.74. The van der Waals surface area contributed by atoms with Gasteiger partial charge in [0.25, 0.3) is 0 Å². The van der Waals surface area contributed by atoms with Gasteiger partial charge in [-0.2, -0.15) is 0 Å². The van der Waals surface area contributed by atoms with Crippen molar-refractivity contribution < 1.29 is 38.0 Å². The molecule has 27 heavy (non-hydrogen) atoms. The number of piperazine rings is 1. The number of hydrogen-bond acceptors (Lipinski definition) is 6. The van der Waals surface area contributed by atoms with Crippen molar-refractivity contribution in [2.24, 2.45) is 5.92 Å². The number of carbonyl (C=O) groups is 1. The maximum absolute atomic E-state index is 12.2. The number of rotatable bonds is 6. The van der Waals surface area contributed by atoms with Gasteiger partial charge < -0.3 is 25.0 Å².